The minimum absolute atomic E-state index is 0.146. The van der Waals surface area contributed by atoms with Gasteiger partial charge in [-0.1, -0.05) is 109 Å². The van der Waals surface area contributed by atoms with E-state index < -0.39 is 6.10 Å². The maximum absolute atomic E-state index is 11.5. The van der Waals surface area contributed by atoms with Crippen LogP contribution in [0.15, 0.2) is 109 Å². The molecule has 30 heavy (non-hydrogen) atoms. The number of benzene rings is 4. The van der Waals surface area contributed by atoms with E-state index in [2.05, 4.69) is 77.7 Å². The number of fused-ring (bicyclic) bond motifs is 3. The van der Waals surface area contributed by atoms with Gasteiger partial charge in [-0.3, -0.25) is 4.90 Å². The molecule has 0 saturated heterocycles. The van der Waals surface area contributed by atoms with Gasteiger partial charge in [-0.05, 0) is 33.4 Å². The van der Waals surface area contributed by atoms with Crippen molar-refractivity contribution < 1.29 is 5.11 Å². The molecule has 2 atom stereocenters. The van der Waals surface area contributed by atoms with Gasteiger partial charge in [-0.15, -0.1) is 0 Å². The minimum atomic E-state index is -0.619. The van der Waals surface area contributed by atoms with E-state index in [-0.39, 0.29) is 6.04 Å². The van der Waals surface area contributed by atoms with Crippen LogP contribution in [-0.2, 0) is 13.1 Å². The van der Waals surface area contributed by atoms with Crippen molar-refractivity contribution in [3.63, 3.8) is 0 Å². The molecule has 1 aliphatic rings. The third kappa shape index (κ3) is 3.56. The fourth-order valence-electron chi connectivity index (χ4n) is 4.61. The Balaban J connectivity index is 1.63. The van der Waals surface area contributed by atoms with Crippen molar-refractivity contribution in [2.75, 3.05) is 0 Å². The molecule has 0 aromatic heterocycles. The van der Waals surface area contributed by atoms with Crippen molar-refractivity contribution in [2.45, 2.75) is 25.2 Å². The second-order valence-electron chi connectivity index (χ2n) is 7.93. The van der Waals surface area contributed by atoms with Crippen molar-refractivity contribution in [3.05, 3.63) is 131 Å². The fourth-order valence-corrected chi connectivity index (χ4v) is 4.61. The first kappa shape index (κ1) is 18.8. The molecule has 0 fully saturated rings. The molecule has 5 rings (SSSR count). The maximum Gasteiger partial charge on any atom is 0.0987 e. The molecule has 0 bridgehead atoms. The lowest BCUT2D eigenvalue weighted by molar-refractivity contribution is 0.0379. The van der Waals surface area contributed by atoms with E-state index in [0.29, 0.717) is 0 Å². The van der Waals surface area contributed by atoms with E-state index in [0.717, 1.165) is 24.2 Å². The highest BCUT2D eigenvalue weighted by Crippen LogP contribution is 2.40. The summed E-state index contributed by atoms with van der Waals surface area (Å²) >= 11 is 0. The van der Waals surface area contributed by atoms with Gasteiger partial charge >= 0.3 is 0 Å². The van der Waals surface area contributed by atoms with Crippen LogP contribution >= 0.6 is 0 Å². The van der Waals surface area contributed by atoms with Gasteiger partial charge in [0, 0.05) is 13.1 Å². The van der Waals surface area contributed by atoms with Gasteiger partial charge in [0.25, 0.3) is 0 Å². The van der Waals surface area contributed by atoms with Crippen molar-refractivity contribution in [3.8, 4) is 11.1 Å². The Labute approximate surface area is 178 Å². The van der Waals surface area contributed by atoms with Gasteiger partial charge in [-0.25, -0.2) is 0 Å². The number of aliphatic hydroxyl groups excluding tert-OH is 1. The fraction of sp³-hybridized carbons (Fsp3) is 0.143. The first-order chi connectivity index (χ1) is 14.8. The van der Waals surface area contributed by atoms with Crippen LogP contribution in [0.3, 0.4) is 0 Å². The van der Waals surface area contributed by atoms with Crippen molar-refractivity contribution in [1.82, 2.24) is 4.90 Å². The predicted molar refractivity (Wildman–Crippen MR) is 122 cm³/mol. The van der Waals surface area contributed by atoms with Crippen LogP contribution in [0.25, 0.3) is 11.1 Å². The number of hydrogen-bond acceptors (Lipinski definition) is 2. The van der Waals surface area contributed by atoms with Crippen LogP contribution < -0.4 is 0 Å². The topological polar surface area (TPSA) is 23.5 Å². The monoisotopic (exact) mass is 391 g/mol. The summed E-state index contributed by atoms with van der Waals surface area (Å²) in [7, 11) is 0. The smallest absolute Gasteiger partial charge is 0.0987 e. The van der Waals surface area contributed by atoms with Gasteiger partial charge in [0.15, 0.2) is 0 Å². The summed E-state index contributed by atoms with van der Waals surface area (Å²) in [4.78, 5) is 2.41. The average Bonchev–Trinajstić information content (AvgIpc) is 2.97. The summed E-state index contributed by atoms with van der Waals surface area (Å²) in [6.07, 6.45) is -0.619. The number of hydrogen-bond donors (Lipinski definition) is 1. The van der Waals surface area contributed by atoms with E-state index in [1.807, 2.05) is 36.4 Å². The SMILES string of the molecule is O[C@H](c1ccccc1)[C@H](c1ccccc1)N1Cc2ccccc2-c2ccccc2C1. The van der Waals surface area contributed by atoms with E-state index in [9.17, 15) is 5.11 Å². The molecule has 148 valence electrons. The second kappa shape index (κ2) is 8.27. The summed E-state index contributed by atoms with van der Waals surface area (Å²) in [5, 5.41) is 11.5. The van der Waals surface area contributed by atoms with Crippen LogP contribution in [0.5, 0.6) is 0 Å². The standard InChI is InChI=1S/C28H25NO/c30-28(22-13-5-2-6-14-22)27(21-11-3-1-4-12-21)29-19-23-15-7-9-17-25(23)26-18-10-8-16-24(26)20-29/h1-18,27-28,30H,19-20H2/t27-,28+/m0/s1. The molecule has 0 radical (unpaired) electrons. The van der Waals surface area contributed by atoms with E-state index in [1.165, 1.54) is 22.3 Å². The summed E-state index contributed by atoms with van der Waals surface area (Å²) in [5.74, 6) is 0. The Morgan fingerprint density at radius 2 is 0.967 bits per heavy atom. The van der Waals surface area contributed by atoms with Crippen LogP contribution in [0.2, 0.25) is 0 Å². The molecule has 0 spiro atoms. The summed E-state index contributed by atoms with van der Waals surface area (Å²) < 4.78 is 0. The molecule has 1 N–H and O–H groups in total. The maximum atomic E-state index is 11.5. The van der Waals surface area contributed by atoms with E-state index in [4.69, 9.17) is 0 Å². The highest BCUT2D eigenvalue weighted by atomic mass is 16.3. The molecule has 1 aliphatic heterocycles. The minimum Gasteiger partial charge on any atom is -0.386 e. The highest BCUT2D eigenvalue weighted by molar-refractivity contribution is 5.71. The van der Waals surface area contributed by atoms with Crippen LogP contribution in [0, 0.1) is 0 Å². The third-order valence-corrected chi connectivity index (χ3v) is 6.05. The van der Waals surface area contributed by atoms with Gasteiger partial charge in [0.05, 0.1) is 12.1 Å². The molecule has 1 heterocycles. The Bertz CT molecular complexity index is 1080. The third-order valence-electron chi connectivity index (χ3n) is 6.05. The Morgan fingerprint density at radius 1 is 0.533 bits per heavy atom. The second-order valence-corrected chi connectivity index (χ2v) is 7.93. The van der Waals surface area contributed by atoms with Crippen LogP contribution in [0.4, 0.5) is 0 Å². The molecule has 2 heteroatoms. The zero-order valence-corrected chi connectivity index (χ0v) is 16.9. The first-order valence-corrected chi connectivity index (χ1v) is 10.5. The first-order valence-electron chi connectivity index (χ1n) is 10.5. The summed E-state index contributed by atoms with van der Waals surface area (Å²) in [6.45, 7) is 1.57. The summed E-state index contributed by atoms with van der Waals surface area (Å²) in [6, 6.07) is 37.5. The van der Waals surface area contributed by atoms with Gasteiger partial charge in [-0.2, -0.15) is 0 Å². The summed E-state index contributed by atoms with van der Waals surface area (Å²) in [5.41, 5.74) is 7.24. The van der Waals surface area contributed by atoms with Crippen LogP contribution in [0.1, 0.15) is 34.4 Å². The van der Waals surface area contributed by atoms with Crippen molar-refractivity contribution in [1.29, 1.82) is 0 Å². The molecule has 0 saturated carbocycles. The molecule has 0 unspecified atom stereocenters. The quantitative estimate of drug-likeness (QED) is 0.451. The molecular formula is C28H25NO. The lowest BCUT2D eigenvalue weighted by Gasteiger charge is -2.35. The zero-order valence-electron chi connectivity index (χ0n) is 16.9. The van der Waals surface area contributed by atoms with Gasteiger partial charge < -0.3 is 5.11 Å². The Kier molecular flexibility index (Phi) is 5.18. The van der Waals surface area contributed by atoms with Crippen molar-refractivity contribution >= 4 is 0 Å². The average molecular weight is 392 g/mol. The van der Waals surface area contributed by atoms with Gasteiger partial charge in [0.1, 0.15) is 0 Å². The number of nitrogens with zero attached hydrogens (tertiary/aromatic N) is 1. The normalized spacial score (nSPS) is 15.5. The molecule has 0 aliphatic carbocycles. The predicted octanol–water partition coefficient (Wildman–Crippen LogP) is 6.14. The van der Waals surface area contributed by atoms with Gasteiger partial charge in [0.2, 0.25) is 0 Å². The molecule has 4 aromatic carbocycles. The Hall–Kier alpha value is -3.20. The lowest BCUT2D eigenvalue weighted by atomic mass is 9.93. The van der Waals surface area contributed by atoms with E-state index >= 15 is 0 Å². The number of aliphatic hydroxyl groups is 1. The van der Waals surface area contributed by atoms with E-state index in [1.54, 1.807) is 0 Å². The molecule has 0 amide bonds. The molecule has 2 nitrogen and oxygen atoms in total. The lowest BCUT2D eigenvalue weighted by Crippen LogP contribution is -2.32. The van der Waals surface area contributed by atoms with Crippen molar-refractivity contribution in [2.24, 2.45) is 0 Å². The Morgan fingerprint density at radius 3 is 1.50 bits per heavy atom. The number of rotatable bonds is 4. The van der Waals surface area contributed by atoms with Crippen LogP contribution in [-0.4, -0.2) is 10.0 Å². The molecule has 4 aromatic rings. The molecular weight excluding hydrogens is 366 g/mol. The largest absolute Gasteiger partial charge is 0.386 e. The highest BCUT2D eigenvalue weighted by Gasteiger charge is 2.31. The zero-order chi connectivity index (χ0) is 20.3.